The summed E-state index contributed by atoms with van der Waals surface area (Å²) in [5.41, 5.74) is 1.25. The molecule has 1 aromatic heterocycles. The van der Waals surface area contributed by atoms with Gasteiger partial charge in [-0.3, -0.25) is 4.90 Å². The Morgan fingerprint density at radius 1 is 1.28 bits per heavy atom. The third-order valence-corrected chi connectivity index (χ3v) is 5.00. The average Bonchev–Trinajstić information content (AvgIpc) is 2.75. The summed E-state index contributed by atoms with van der Waals surface area (Å²) in [7, 11) is 2.19. The molecular formula is C13H23N3S2. The largest absolute Gasteiger partial charge is 0.304 e. The van der Waals surface area contributed by atoms with Gasteiger partial charge in [-0.05, 0) is 13.0 Å². The molecule has 0 bridgehead atoms. The van der Waals surface area contributed by atoms with Gasteiger partial charge in [0, 0.05) is 36.8 Å². The number of thiol groups is 1. The lowest BCUT2D eigenvalue weighted by molar-refractivity contribution is 0.148. The van der Waals surface area contributed by atoms with E-state index in [1.165, 1.54) is 28.7 Å². The zero-order valence-electron chi connectivity index (χ0n) is 11.5. The maximum absolute atomic E-state index is 4.81. The van der Waals surface area contributed by atoms with Gasteiger partial charge in [0.25, 0.3) is 0 Å². The van der Waals surface area contributed by atoms with Gasteiger partial charge in [0.2, 0.25) is 0 Å². The van der Waals surface area contributed by atoms with Gasteiger partial charge in [0.05, 0.1) is 12.2 Å². The maximum atomic E-state index is 4.81. The van der Waals surface area contributed by atoms with Gasteiger partial charge in [-0.2, -0.15) is 12.6 Å². The predicted molar refractivity (Wildman–Crippen MR) is 81.7 cm³/mol. The molecule has 1 fully saturated rings. The monoisotopic (exact) mass is 285 g/mol. The van der Waals surface area contributed by atoms with Crippen molar-refractivity contribution in [1.82, 2.24) is 14.8 Å². The molecule has 0 aliphatic carbocycles. The molecule has 1 saturated heterocycles. The van der Waals surface area contributed by atoms with Crippen LogP contribution in [0.1, 0.15) is 35.3 Å². The van der Waals surface area contributed by atoms with E-state index in [4.69, 9.17) is 4.98 Å². The smallest absolute Gasteiger partial charge is 0.107 e. The van der Waals surface area contributed by atoms with Crippen LogP contribution in [0.5, 0.6) is 0 Å². The molecule has 1 aliphatic heterocycles. The molecule has 0 saturated carbocycles. The van der Waals surface area contributed by atoms with Crippen LogP contribution in [0.3, 0.4) is 0 Å². The number of rotatable bonds is 4. The summed E-state index contributed by atoms with van der Waals surface area (Å²) in [6, 6.07) is 0. The van der Waals surface area contributed by atoms with Crippen molar-refractivity contribution in [2.75, 3.05) is 33.2 Å². The van der Waals surface area contributed by atoms with Crippen LogP contribution >= 0.6 is 24.0 Å². The average molecular weight is 285 g/mol. The Labute approximate surface area is 120 Å². The van der Waals surface area contributed by atoms with Crippen molar-refractivity contribution >= 4 is 24.0 Å². The van der Waals surface area contributed by atoms with E-state index in [-0.39, 0.29) is 0 Å². The highest BCUT2D eigenvalue weighted by Crippen LogP contribution is 2.27. The van der Waals surface area contributed by atoms with E-state index in [9.17, 15) is 0 Å². The fraction of sp³-hybridized carbons (Fsp3) is 0.769. The molecule has 5 heteroatoms. The highest BCUT2D eigenvalue weighted by Gasteiger charge is 2.18. The third kappa shape index (κ3) is 3.47. The summed E-state index contributed by atoms with van der Waals surface area (Å²) in [5.74, 6) is 1.32. The van der Waals surface area contributed by atoms with Crippen LogP contribution in [0.15, 0.2) is 0 Å². The Morgan fingerprint density at radius 3 is 2.44 bits per heavy atom. The van der Waals surface area contributed by atoms with Gasteiger partial charge in [-0.25, -0.2) is 4.98 Å². The first kappa shape index (κ1) is 14.3. The van der Waals surface area contributed by atoms with Crippen molar-refractivity contribution in [3.05, 3.63) is 15.6 Å². The van der Waals surface area contributed by atoms with Crippen LogP contribution in [0, 0.1) is 0 Å². The van der Waals surface area contributed by atoms with Gasteiger partial charge >= 0.3 is 0 Å². The lowest BCUT2D eigenvalue weighted by Crippen LogP contribution is -2.43. The zero-order valence-corrected chi connectivity index (χ0v) is 13.2. The Bertz CT molecular complexity index is 382. The van der Waals surface area contributed by atoms with E-state index in [0.29, 0.717) is 5.92 Å². The minimum absolute atomic E-state index is 0.504. The molecule has 1 aliphatic rings. The molecule has 0 unspecified atom stereocenters. The Balaban J connectivity index is 2.01. The fourth-order valence-electron chi connectivity index (χ4n) is 2.24. The molecule has 2 rings (SSSR count). The van der Waals surface area contributed by atoms with Crippen molar-refractivity contribution in [3.63, 3.8) is 0 Å². The number of hydrogen-bond donors (Lipinski definition) is 1. The normalized spacial score (nSPS) is 18.7. The number of piperazine rings is 1. The van der Waals surface area contributed by atoms with Crippen molar-refractivity contribution in [2.24, 2.45) is 0 Å². The van der Waals surface area contributed by atoms with Gasteiger partial charge in [-0.1, -0.05) is 13.8 Å². The van der Waals surface area contributed by atoms with Crippen molar-refractivity contribution < 1.29 is 0 Å². The highest BCUT2D eigenvalue weighted by atomic mass is 32.1. The number of thiazole rings is 1. The molecule has 0 atom stereocenters. The standard InChI is InChI=1S/C13H23N3S2/c1-10(2)13-11(9-17)18-12(14-13)8-16-6-4-15(3)5-7-16/h10,17H,4-9H2,1-3H3. The summed E-state index contributed by atoms with van der Waals surface area (Å²) < 4.78 is 0. The van der Waals surface area contributed by atoms with Crippen molar-refractivity contribution in [3.8, 4) is 0 Å². The minimum Gasteiger partial charge on any atom is -0.304 e. The van der Waals surface area contributed by atoms with Crippen molar-refractivity contribution in [1.29, 1.82) is 0 Å². The molecule has 18 heavy (non-hydrogen) atoms. The van der Waals surface area contributed by atoms with Gasteiger partial charge in [0.1, 0.15) is 5.01 Å². The van der Waals surface area contributed by atoms with Crippen molar-refractivity contribution in [2.45, 2.75) is 32.1 Å². The van der Waals surface area contributed by atoms with Crippen LogP contribution in [-0.4, -0.2) is 48.0 Å². The second-order valence-electron chi connectivity index (χ2n) is 5.31. The lowest BCUT2D eigenvalue weighted by atomic mass is 10.1. The van der Waals surface area contributed by atoms with E-state index in [2.05, 4.69) is 43.3 Å². The molecule has 1 aromatic rings. The molecule has 0 aromatic carbocycles. The molecule has 0 spiro atoms. The van der Waals surface area contributed by atoms with Crippen LogP contribution in [0.2, 0.25) is 0 Å². The number of hydrogen-bond acceptors (Lipinski definition) is 5. The SMILES string of the molecule is CC(C)c1nc(CN2CCN(C)CC2)sc1CS. The topological polar surface area (TPSA) is 19.4 Å². The molecule has 0 N–H and O–H groups in total. The summed E-state index contributed by atoms with van der Waals surface area (Å²) in [4.78, 5) is 11.0. The number of nitrogens with zero attached hydrogens (tertiary/aromatic N) is 3. The highest BCUT2D eigenvalue weighted by molar-refractivity contribution is 7.79. The Morgan fingerprint density at radius 2 is 1.94 bits per heavy atom. The molecule has 0 radical (unpaired) electrons. The quantitative estimate of drug-likeness (QED) is 0.858. The summed E-state index contributed by atoms with van der Waals surface area (Å²) >= 11 is 6.26. The van der Waals surface area contributed by atoms with E-state index in [1.54, 1.807) is 0 Å². The predicted octanol–water partition coefficient (Wildman–Crippen LogP) is 2.44. The maximum Gasteiger partial charge on any atom is 0.107 e. The van der Waals surface area contributed by atoms with Gasteiger partial charge < -0.3 is 4.90 Å². The van der Waals surface area contributed by atoms with E-state index >= 15 is 0 Å². The number of aromatic nitrogens is 1. The fourth-order valence-corrected chi connectivity index (χ4v) is 3.72. The van der Waals surface area contributed by atoms with Gasteiger partial charge in [-0.15, -0.1) is 11.3 Å². The second-order valence-corrected chi connectivity index (χ2v) is 6.79. The van der Waals surface area contributed by atoms with E-state index < -0.39 is 0 Å². The Hall–Kier alpha value is -0.100. The van der Waals surface area contributed by atoms with E-state index in [0.717, 1.165) is 25.4 Å². The Kier molecular flexibility index (Phi) is 5.06. The first-order valence-corrected chi connectivity index (χ1v) is 8.05. The van der Waals surface area contributed by atoms with Crippen LogP contribution in [0.25, 0.3) is 0 Å². The molecular weight excluding hydrogens is 262 g/mol. The summed E-state index contributed by atoms with van der Waals surface area (Å²) in [5, 5.41) is 1.26. The lowest BCUT2D eigenvalue weighted by Gasteiger charge is -2.31. The molecule has 102 valence electrons. The van der Waals surface area contributed by atoms with Gasteiger partial charge in [0.15, 0.2) is 0 Å². The summed E-state index contributed by atoms with van der Waals surface area (Å²) in [6.07, 6.45) is 0. The van der Waals surface area contributed by atoms with Crippen LogP contribution in [-0.2, 0) is 12.3 Å². The minimum atomic E-state index is 0.504. The summed E-state index contributed by atoms with van der Waals surface area (Å²) in [6.45, 7) is 10.1. The number of likely N-dealkylation sites (N-methyl/N-ethyl adjacent to an activating group) is 1. The molecule has 2 heterocycles. The van der Waals surface area contributed by atoms with Crippen LogP contribution < -0.4 is 0 Å². The first-order chi connectivity index (χ1) is 8.60. The second kappa shape index (κ2) is 6.37. The third-order valence-electron chi connectivity index (χ3n) is 3.42. The first-order valence-electron chi connectivity index (χ1n) is 6.60. The zero-order chi connectivity index (χ0) is 13.1. The van der Waals surface area contributed by atoms with Crippen LogP contribution in [0.4, 0.5) is 0 Å². The van der Waals surface area contributed by atoms with E-state index in [1.807, 2.05) is 11.3 Å². The molecule has 0 amide bonds. The molecule has 3 nitrogen and oxygen atoms in total.